The average molecular weight is 731 g/mol. The fourth-order valence-corrected chi connectivity index (χ4v) is 10.1. The Hall–Kier alpha value is -6.95. The molecule has 0 atom stereocenters. The van der Waals surface area contributed by atoms with Crippen molar-refractivity contribution in [2.24, 2.45) is 0 Å². The Morgan fingerprint density at radius 2 is 0.982 bits per heavy atom. The molecule has 1 aliphatic rings. The minimum absolute atomic E-state index is 0.135. The predicted octanol–water partition coefficient (Wildman–Crippen LogP) is 14.5. The minimum Gasteiger partial charge on any atom is -0.309 e. The highest BCUT2D eigenvalue weighted by atomic mass is 15.0. The van der Waals surface area contributed by atoms with Crippen molar-refractivity contribution in [3.8, 4) is 27.9 Å². The van der Waals surface area contributed by atoms with Gasteiger partial charge in [-0.25, -0.2) is 4.85 Å². The summed E-state index contributed by atoms with van der Waals surface area (Å²) in [5.41, 5.74) is 16.4. The number of aromatic nitrogens is 1. The third-order valence-electron chi connectivity index (χ3n) is 12.9. The van der Waals surface area contributed by atoms with Gasteiger partial charge in [-0.2, -0.15) is 0 Å². The molecule has 8 aromatic carbocycles. The third-order valence-corrected chi connectivity index (χ3v) is 12.9. The molecule has 0 saturated heterocycles. The van der Waals surface area contributed by atoms with E-state index in [9.17, 15) is 0 Å². The largest absolute Gasteiger partial charge is 0.309 e. The van der Waals surface area contributed by atoms with E-state index in [-0.39, 0.29) is 5.41 Å². The first-order chi connectivity index (χ1) is 28.1. The highest BCUT2D eigenvalue weighted by Crippen LogP contribution is 2.56. The van der Waals surface area contributed by atoms with Gasteiger partial charge in [0.05, 0.1) is 23.0 Å². The van der Waals surface area contributed by atoms with Crippen molar-refractivity contribution in [2.45, 2.75) is 37.5 Å². The van der Waals surface area contributed by atoms with E-state index in [1.807, 2.05) is 12.1 Å². The zero-order valence-electron chi connectivity index (χ0n) is 32.3. The van der Waals surface area contributed by atoms with E-state index >= 15 is 0 Å². The molecule has 0 aliphatic heterocycles. The summed E-state index contributed by atoms with van der Waals surface area (Å²) in [7, 11) is 0. The van der Waals surface area contributed by atoms with E-state index in [4.69, 9.17) is 6.57 Å². The monoisotopic (exact) mass is 730 g/mol. The van der Waals surface area contributed by atoms with Gasteiger partial charge in [0.1, 0.15) is 0 Å². The fraction of sp³-hybridized carbons (Fsp3) is 0.109. The summed E-state index contributed by atoms with van der Waals surface area (Å²) in [6.07, 6.45) is 2.01. The van der Waals surface area contributed by atoms with Crippen molar-refractivity contribution >= 4 is 27.5 Å². The van der Waals surface area contributed by atoms with Crippen molar-refractivity contribution in [3.63, 3.8) is 0 Å². The van der Waals surface area contributed by atoms with Crippen LogP contribution < -0.4 is 0 Å². The molecular formula is C55H42N2. The van der Waals surface area contributed by atoms with Gasteiger partial charge in [0.2, 0.25) is 0 Å². The highest BCUT2D eigenvalue weighted by molar-refractivity contribution is 6.10. The number of para-hydroxylation sites is 1. The number of rotatable bonds is 8. The SMILES string of the molecule is [C-]#[N+]c1ccc(-n2c3ccccc3c3cc(-c4ccc5c(c4)C(CC)(CC)c4cc(C(c6ccccc6)(c6ccccc6)c6ccccc6)ccc4-5)ccc32)cc1. The van der Waals surface area contributed by atoms with Crippen LogP contribution in [0, 0.1) is 6.57 Å². The summed E-state index contributed by atoms with van der Waals surface area (Å²) in [4.78, 5) is 3.62. The molecule has 272 valence electrons. The quantitative estimate of drug-likeness (QED) is 0.109. The molecule has 0 radical (unpaired) electrons. The Kier molecular flexibility index (Phi) is 8.28. The summed E-state index contributed by atoms with van der Waals surface area (Å²) in [6.45, 7) is 12.2. The second kappa shape index (κ2) is 13.7. The van der Waals surface area contributed by atoms with Gasteiger partial charge in [0.15, 0.2) is 5.69 Å². The predicted molar refractivity (Wildman–Crippen MR) is 238 cm³/mol. The molecular weight excluding hydrogens is 689 g/mol. The first-order valence-electron chi connectivity index (χ1n) is 20.1. The molecule has 57 heavy (non-hydrogen) atoms. The van der Waals surface area contributed by atoms with Crippen molar-refractivity contribution in [3.05, 3.63) is 239 Å². The van der Waals surface area contributed by atoms with Crippen LogP contribution in [0.15, 0.2) is 194 Å². The first kappa shape index (κ1) is 34.5. The van der Waals surface area contributed by atoms with Gasteiger partial charge in [0, 0.05) is 21.9 Å². The van der Waals surface area contributed by atoms with Crippen LogP contribution in [0.3, 0.4) is 0 Å². The second-order valence-corrected chi connectivity index (χ2v) is 15.4. The average Bonchev–Trinajstić information content (AvgIpc) is 3.77. The van der Waals surface area contributed by atoms with E-state index < -0.39 is 5.41 Å². The molecule has 0 fully saturated rings. The molecule has 1 aromatic heterocycles. The van der Waals surface area contributed by atoms with Crippen LogP contribution in [0.5, 0.6) is 0 Å². The van der Waals surface area contributed by atoms with Crippen LogP contribution in [0.4, 0.5) is 5.69 Å². The van der Waals surface area contributed by atoms with Crippen molar-refractivity contribution in [2.75, 3.05) is 0 Å². The Balaban J connectivity index is 1.14. The zero-order valence-corrected chi connectivity index (χ0v) is 32.3. The topological polar surface area (TPSA) is 9.29 Å². The summed E-state index contributed by atoms with van der Waals surface area (Å²) in [5.74, 6) is 0. The third kappa shape index (κ3) is 5.16. The molecule has 9 aromatic rings. The van der Waals surface area contributed by atoms with Crippen molar-refractivity contribution in [1.29, 1.82) is 0 Å². The molecule has 10 rings (SSSR count). The van der Waals surface area contributed by atoms with Crippen LogP contribution >= 0.6 is 0 Å². The maximum Gasteiger partial charge on any atom is 0.187 e. The zero-order chi connectivity index (χ0) is 38.6. The maximum absolute atomic E-state index is 7.44. The molecule has 0 amide bonds. The van der Waals surface area contributed by atoms with E-state index in [1.54, 1.807) is 0 Å². The lowest BCUT2D eigenvalue weighted by molar-refractivity contribution is 0.489. The normalized spacial score (nSPS) is 13.0. The van der Waals surface area contributed by atoms with Crippen LogP contribution in [0.25, 0.3) is 54.6 Å². The van der Waals surface area contributed by atoms with Crippen LogP contribution in [0.2, 0.25) is 0 Å². The van der Waals surface area contributed by atoms with Gasteiger partial charge in [0.25, 0.3) is 0 Å². The van der Waals surface area contributed by atoms with Gasteiger partial charge >= 0.3 is 0 Å². The molecule has 0 bridgehead atoms. The van der Waals surface area contributed by atoms with E-state index in [1.165, 1.54) is 66.4 Å². The summed E-state index contributed by atoms with van der Waals surface area (Å²) < 4.78 is 2.32. The summed E-state index contributed by atoms with van der Waals surface area (Å²) in [5, 5.41) is 2.45. The molecule has 0 N–H and O–H groups in total. The van der Waals surface area contributed by atoms with Crippen LogP contribution in [-0.4, -0.2) is 4.57 Å². The number of benzene rings is 8. The lowest BCUT2D eigenvalue weighted by Crippen LogP contribution is -2.32. The second-order valence-electron chi connectivity index (χ2n) is 15.4. The molecule has 1 heterocycles. The minimum atomic E-state index is -0.500. The fourth-order valence-electron chi connectivity index (χ4n) is 10.1. The Morgan fingerprint density at radius 1 is 0.474 bits per heavy atom. The van der Waals surface area contributed by atoms with Crippen LogP contribution in [0.1, 0.15) is 60.1 Å². The van der Waals surface area contributed by atoms with Crippen LogP contribution in [-0.2, 0) is 10.8 Å². The first-order valence-corrected chi connectivity index (χ1v) is 20.1. The summed E-state index contributed by atoms with van der Waals surface area (Å²) >= 11 is 0. The van der Waals surface area contributed by atoms with Gasteiger partial charge in [-0.1, -0.05) is 172 Å². The number of nitrogens with zero attached hydrogens (tertiary/aromatic N) is 2. The number of fused-ring (bicyclic) bond motifs is 6. The smallest absolute Gasteiger partial charge is 0.187 e. The molecule has 2 heteroatoms. The number of hydrogen-bond acceptors (Lipinski definition) is 0. The lowest BCUT2D eigenvalue weighted by Gasteiger charge is -2.38. The number of hydrogen-bond donors (Lipinski definition) is 0. The van der Waals surface area contributed by atoms with Gasteiger partial charge in [-0.3, -0.25) is 0 Å². The highest BCUT2D eigenvalue weighted by Gasteiger charge is 2.44. The lowest BCUT2D eigenvalue weighted by atomic mass is 9.64. The van der Waals surface area contributed by atoms with E-state index in [2.05, 4.69) is 205 Å². The summed E-state index contributed by atoms with van der Waals surface area (Å²) in [6, 6.07) is 71.2. The molecule has 2 nitrogen and oxygen atoms in total. The van der Waals surface area contributed by atoms with Crippen molar-refractivity contribution in [1.82, 2.24) is 4.57 Å². The van der Waals surface area contributed by atoms with Gasteiger partial charge < -0.3 is 4.57 Å². The molecule has 0 saturated carbocycles. The molecule has 1 aliphatic carbocycles. The Bertz CT molecular complexity index is 2870. The van der Waals surface area contributed by atoms with Gasteiger partial charge in [-0.15, -0.1) is 0 Å². The van der Waals surface area contributed by atoms with Gasteiger partial charge in [-0.05, 0) is 105 Å². The molecule has 0 spiro atoms. The maximum atomic E-state index is 7.44. The standard InChI is InChI=1S/C55H42N2/c1-4-54(5-2)50-36-39(38-26-34-53-49(35-38)48-23-15-16-24-52(48)57(53)45-30-28-44(56-3)29-31-45)25-32-46(50)47-33-27-43(37-51(47)54)55(40-17-9-6-10-18-40,41-19-11-7-12-20-41)42-21-13-8-14-22-42/h6-37H,4-5H2,1-2H3. The van der Waals surface area contributed by atoms with E-state index in [0.717, 1.165) is 29.6 Å². The Labute approximate surface area is 335 Å². The Morgan fingerprint density at radius 3 is 1.58 bits per heavy atom. The van der Waals surface area contributed by atoms with E-state index in [0.29, 0.717) is 5.69 Å². The van der Waals surface area contributed by atoms with Crippen molar-refractivity contribution < 1.29 is 0 Å². The molecule has 0 unspecified atom stereocenters.